The van der Waals surface area contributed by atoms with Crippen molar-refractivity contribution in [1.82, 2.24) is 25.0 Å². The van der Waals surface area contributed by atoms with Crippen molar-refractivity contribution in [3.05, 3.63) is 46.7 Å². The third-order valence-corrected chi connectivity index (χ3v) is 5.42. The minimum atomic E-state index is -0.123. The largest absolute Gasteiger partial charge is 0.306 e. The molecule has 0 aliphatic rings. The number of rotatable bonds is 8. The number of hydrogen-bond acceptors (Lipinski definition) is 7. The van der Waals surface area contributed by atoms with Crippen molar-refractivity contribution >= 4 is 34.1 Å². The molecule has 1 N–H and O–H groups in total. The normalized spacial score (nSPS) is 10.8. The van der Waals surface area contributed by atoms with Crippen molar-refractivity contribution in [2.45, 2.75) is 38.4 Å². The molecule has 1 aromatic carbocycles. The Morgan fingerprint density at radius 1 is 1.15 bits per heavy atom. The maximum atomic E-state index is 12.1. The molecule has 3 rings (SSSR count). The fourth-order valence-corrected chi connectivity index (χ4v) is 3.89. The zero-order valence-electron chi connectivity index (χ0n) is 14.7. The van der Waals surface area contributed by atoms with Crippen LogP contribution in [0.1, 0.15) is 23.3 Å². The first kappa shape index (κ1) is 18.5. The number of aromatic nitrogens is 5. The molecule has 3 aromatic rings. The number of nitrogens with one attached hydrogen (secondary N) is 1. The van der Waals surface area contributed by atoms with Crippen molar-refractivity contribution in [3.63, 3.8) is 0 Å². The van der Waals surface area contributed by atoms with E-state index < -0.39 is 0 Å². The van der Waals surface area contributed by atoms with Gasteiger partial charge in [-0.25, -0.2) is 0 Å². The lowest BCUT2D eigenvalue weighted by molar-refractivity contribution is -0.113. The highest BCUT2D eigenvalue weighted by atomic mass is 32.2. The lowest BCUT2D eigenvalue weighted by Crippen LogP contribution is -2.14. The summed E-state index contributed by atoms with van der Waals surface area (Å²) in [7, 11) is 0. The molecule has 0 aliphatic carbocycles. The molecule has 0 unspecified atom stereocenters. The SMILES string of the molecule is CCn1c(CCc2ccccc2)nnc1SCC(=O)Nc1nnc(C)s1. The Morgan fingerprint density at radius 2 is 1.96 bits per heavy atom. The Hall–Kier alpha value is -2.26. The van der Waals surface area contributed by atoms with E-state index in [0.717, 1.165) is 35.4 Å². The van der Waals surface area contributed by atoms with Gasteiger partial charge < -0.3 is 4.57 Å². The van der Waals surface area contributed by atoms with Crippen LogP contribution in [0.3, 0.4) is 0 Å². The average Bonchev–Trinajstić information content (AvgIpc) is 3.24. The van der Waals surface area contributed by atoms with Gasteiger partial charge in [-0.3, -0.25) is 10.1 Å². The van der Waals surface area contributed by atoms with E-state index in [1.807, 2.05) is 25.1 Å². The summed E-state index contributed by atoms with van der Waals surface area (Å²) in [6, 6.07) is 10.3. The van der Waals surface area contributed by atoms with Gasteiger partial charge in [-0.05, 0) is 25.8 Å². The summed E-state index contributed by atoms with van der Waals surface area (Å²) >= 11 is 2.74. The number of nitrogens with zero attached hydrogens (tertiary/aromatic N) is 5. The number of carbonyl (C=O) groups is 1. The molecule has 2 aromatic heterocycles. The predicted molar refractivity (Wildman–Crippen MR) is 104 cm³/mol. The molecule has 0 aliphatic heterocycles. The highest BCUT2D eigenvalue weighted by Gasteiger charge is 2.14. The van der Waals surface area contributed by atoms with E-state index >= 15 is 0 Å². The quantitative estimate of drug-likeness (QED) is 0.597. The molecule has 9 heteroatoms. The molecule has 2 heterocycles. The van der Waals surface area contributed by atoms with Crippen LogP contribution in [0.15, 0.2) is 35.5 Å². The number of hydrogen-bond donors (Lipinski definition) is 1. The zero-order chi connectivity index (χ0) is 18.4. The Bertz CT molecular complexity index is 861. The summed E-state index contributed by atoms with van der Waals surface area (Å²) in [5.74, 6) is 1.08. The van der Waals surface area contributed by atoms with Crippen LogP contribution in [-0.2, 0) is 24.2 Å². The molecule has 7 nitrogen and oxygen atoms in total. The molecule has 0 fully saturated rings. The minimum Gasteiger partial charge on any atom is -0.306 e. The number of aryl methyl sites for hydroxylation is 3. The van der Waals surface area contributed by atoms with E-state index in [1.165, 1.54) is 28.7 Å². The van der Waals surface area contributed by atoms with Gasteiger partial charge in [-0.2, -0.15) is 0 Å². The number of thioether (sulfide) groups is 1. The molecule has 0 saturated carbocycles. The Morgan fingerprint density at radius 3 is 2.65 bits per heavy atom. The van der Waals surface area contributed by atoms with Gasteiger partial charge in [0.1, 0.15) is 10.8 Å². The van der Waals surface area contributed by atoms with Gasteiger partial charge >= 0.3 is 0 Å². The summed E-state index contributed by atoms with van der Waals surface area (Å²) in [5, 5.41) is 21.2. The fraction of sp³-hybridized carbons (Fsp3) is 0.353. The van der Waals surface area contributed by atoms with E-state index in [-0.39, 0.29) is 11.7 Å². The monoisotopic (exact) mass is 388 g/mol. The standard InChI is InChI=1S/C17H20N6OS2/c1-3-23-14(10-9-13-7-5-4-6-8-13)20-22-17(23)25-11-15(24)18-16-21-19-12(2)26-16/h4-8H,3,9-11H2,1-2H3,(H,18,21,24). The fourth-order valence-electron chi connectivity index (χ4n) is 2.46. The van der Waals surface area contributed by atoms with Crippen LogP contribution in [0.4, 0.5) is 5.13 Å². The van der Waals surface area contributed by atoms with Crippen LogP contribution in [0.25, 0.3) is 0 Å². The van der Waals surface area contributed by atoms with Crippen molar-refractivity contribution in [3.8, 4) is 0 Å². The minimum absolute atomic E-state index is 0.123. The van der Waals surface area contributed by atoms with E-state index in [0.29, 0.717) is 5.13 Å². The van der Waals surface area contributed by atoms with Crippen molar-refractivity contribution in [1.29, 1.82) is 0 Å². The van der Waals surface area contributed by atoms with Crippen molar-refractivity contribution in [2.24, 2.45) is 0 Å². The van der Waals surface area contributed by atoms with Gasteiger partial charge in [-0.15, -0.1) is 20.4 Å². The molecule has 1 amide bonds. The second kappa shape index (κ2) is 8.91. The number of benzene rings is 1. The van der Waals surface area contributed by atoms with Gasteiger partial charge in [0.25, 0.3) is 0 Å². The summed E-state index contributed by atoms with van der Waals surface area (Å²) in [4.78, 5) is 12.1. The van der Waals surface area contributed by atoms with E-state index in [1.54, 1.807) is 0 Å². The summed E-state index contributed by atoms with van der Waals surface area (Å²) < 4.78 is 2.07. The molecule has 0 radical (unpaired) electrons. The van der Waals surface area contributed by atoms with Gasteiger partial charge in [0, 0.05) is 13.0 Å². The molecule has 0 spiro atoms. The summed E-state index contributed by atoms with van der Waals surface area (Å²) in [6.45, 7) is 4.68. The molecule has 136 valence electrons. The smallest absolute Gasteiger partial charge is 0.236 e. The van der Waals surface area contributed by atoms with Crippen LogP contribution in [0.2, 0.25) is 0 Å². The second-order valence-corrected chi connectivity index (χ2v) is 7.72. The first-order valence-electron chi connectivity index (χ1n) is 8.34. The predicted octanol–water partition coefficient (Wildman–Crippen LogP) is 2.97. The van der Waals surface area contributed by atoms with E-state index in [9.17, 15) is 4.79 Å². The molecule has 0 atom stereocenters. The maximum Gasteiger partial charge on any atom is 0.236 e. The Kier molecular flexibility index (Phi) is 6.35. The number of anilines is 1. The highest BCUT2D eigenvalue weighted by molar-refractivity contribution is 7.99. The molecule has 0 bridgehead atoms. The first-order chi connectivity index (χ1) is 12.7. The van der Waals surface area contributed by atoms with Crippen LogP contribution < -0.4 is 5.32 Å². The van der Waals surface area contributed by atoms with E-state index in [2.05, 4.69) is 49.3 Å². The Balaban J connectivity index is 1.56. The van der Waals surface area contributed by atoms with Crippen LogP contribution in [0, 0.1) is 6.92 Å². The highest BCUT2D eigenvalue weighted by Crippen LogP contribution is 2.19. The first-order valence-corrected chi connectivity index (χ1v) is 10.1. The molecule has 26 heavy (non-hydrogen) atoms. The van der Waals surface area contributed by atoms with Gasteiger partial charge in [0.15, 0.2) is 5.16 Å². The van der Waals surface area contributed by atoms with Crippen molar-refractivity contribution < 1.29 is 4.79 Å². The van der Waals surface area contributed by atoms with E-state index in [4.69, 9.17) is 0 Å². The van der Waals surface area contributed by atoms with Gasteiger partial charge in [0.2, 0.25) is 11.0 Å². The van der Waals surface area contributed by atoms with Crippen LogP contribution in [-0.4, -0.2) is 36.6 Å². The summed E-state index contributed by atoms with van der Waals surface area (Å²) in [6.07, 6.45) is 1.74. The number of amides is 1. The van der Waals surface area contributed by atoms with Crippen LogP contribution >= 0.6 is 23.1 Å². The topological polar surface area (TPSA) is 85.6 Å². The maximum absolute atomic E-state index is 12.1. The third kappa shape index (κ3) is 4.89. The molecular weight excluding hydrogens is 368 g/mol. The molecular formula is C17H20N6OS2. The third-order valence-electron chi connectivity index (χ3n) is 3.69. The number of carbonyl (C=O) groups excluding carboxylic acids is 1. The van der Waals surface area contributed by atoms with Crippen molar-refractivity contribution in [2.75, 3.05) is 11.1 Å². The lowest BCUT2D eigenvalue weighted by atomic mass is 10.1. The van der Waals surface area contributed by atoms with Gasteiger partial charge in [-0.1, -0.05) is 53.4 Å². The van der Waals surface area contributed by atoms with Crippen LogP contribution in [0.5, 0.6) is 0 Å². The average molecular weight is 389 g/mol. The lowest BCUT2D eigenvalue weighted by Gasteiger charge is -2.07. The molecule has 0 saturated heterocycles. The summed E-state index contributed by atoms with van der Waals surface area (Å²) in [5.41, 5.74) is 1.28. The second-order valence-electron chi connectivity index (χ2n) is 5.59. The van der Waals surface area contributed by atoms with Gasteiger partial charge in [0.05, 0.1) is 5.75 Å². The Labute approximate surface area is 160 Å². The zero-order valence-corrected chi connectivity index (χ0v) is 16.3.